The molecule has 78 heavy (non-hydrogen) atoms. The van der Waals surface area contributed by atoms with E-state index in [9.17, 15) is 19.8 Å². The van der Waals surface area contributed by atoms with Gasteiger partial charge in [0.25, 0.3) is 0 Å². The summed E-state index contributed by atoms with van der Waals surface area (Å²) in [7, 11) is 0. The minimum absolute atomic E-state index is 0.0151. The van der Waals surface area contributed by atoms with Crippen molar-refractivity contribution in [2.24, 2.45) is 0 Å². The van der Waals surface area contributed by atoms with Crippen molar-refractivity contribution >= 4 is 11.9 Å². The van der Waals surface area contributed by atoms with Gasteiger partial charge in [-0.15, -0.1) is 0 Å². The van der Waals surface area contributed by atoms with Gasteiger partial charge in [0.2, 0.25) is 5.91 Å². The van der Waals surface area contributed by atoms with Crippen LogP contribution < -0.4 is 5.32 Å². The maximum Gasteiger partial charge on any atom is 0.305 e. The highest BCUT2D eigenvalue weighted by atomic mass is 16.5. The van der Waals surface area contributed by atoms with E-state index < -0.39 is 12.1 Å². The average molecular weight is 1100 g/mol. The number of aliphatic hydroxyl groups excluding tert-OH is 2. The van der Waals surface area contributed by atoms with E-state index in [-0.39, 0.29) is 18.5 Å². The van der Waals surface area contributed by atoms with Gasteiger partial charge in [0.1, 0.15) is 0 Å². The highest BCUT2D eigenvalue weighted by Crippen LogP contribution is 2.19. The van der Waals surface area contributed by atoms with Crippen LogP contribution in [0, 0.1) is 0 Å². The van der Waals surface area contributed by atoms with Crippen molar-refractivity contribution in [2.75, 3.05) is 13.2 Å². The zero-order valence-corrected chi connectivity index (χ0v) is 53.2. The third kappa shape index (κ3) is 63.8. The first kappa shape index (κ1) is 76.6. The van der Waals surface area contributed by atoms with Crippen molar-refractivity contribution in [3.8, 4) is 0 Å². The lowest BCUT2D eigenvalue weighted by atomic mass is 10.0. The lowest BCUT2D eigenvalue weighted by Gasteiger charge is -2.22. The van der Waals surface area contributed by atoms with Crippen LogP contribution >= 0.6 is 0 Å². The van der Waals surface area contributed by atoms with E-state index in [1.807, 2.05) is 0 Å². The number of hydrogen-bond acceptors (Lipinski definition) is 5. The topological polar surface area (TPSA) is 95.9 Å². The Labute approximate surface area is 489 Å². The standard InChI is InChI=1S/C72H141NO5/c1-3-5-7-9-11-13-15-16-17-18-19-20-21-26-29-32-35-38-41-45-48-52-56-60-64-70(75)69(68-74)73-71(76)65-61-57-53-49-46-42-39-36-33-30-27-24-22-23-25-28-31-34-37-40-43-47-51-55-59-63-67-78-72(77)66-62-58-54-50-44-14-12-10-8-6-4-2/h22,24,69-70,74-75H,3-21,23,25-68H2,1-2H3,(H,73,76)/b24-22-. The van der Waals surface area contributed by atoms with Gasteiger partial charge in [-0.05, 0) is 51.4 Å². The average Bonchev–Trinajstić information content (AvgIpc) is 3.44. The molecule has 2 atom stereocenters. The van der Waals surface area contributed by atoms with Crippen LogP contribution in [0.25, 0.3) is 0 Å². The molecule has 464 valence electrons. The summed E-state index contributed by atoms with van der Waals surface area (Å²) >= 11 is 0. The minimum atomic E-state index is -0.666. The molecule has 2 unspecified atom stereocenters. The Morgan fingerprint density at radius 3 is 0.910 bits per heavy atom. The van der Waals surface area contributed by atoms with Crippen molar-refractivity contribution in [1.82, 2.24) is 5.32 Å². The minimum Gasteiger partial charge on any atom is -0.466 e. The van der Waals surface area contributed by atoms with Crippen LogP contribution in [0.5, 0.6) is 0 Å². The van der Waals surface area contributed by atoms with Crippen molar-refractivity contribution in [3.63, 3.8) is 0 Å². The summed E-state index contributed by atoms with van der Waals surface area (Å²) in [6.45, 7) is 4.99. The predicted molar refractivity (Wildman–Crippen MR) is 343 cm³/mol. The highest BCUT2D eigenvalue weighted by Gasteiger charge is 2.20. The molecule has 0 bridgehead atoms. The lowest BCUT2D eigenvalue weighted by Crippen LogP contribution is -2.45. The fourth-order valence-corrected chi connectivity index (χ4v) is 11.6. The Morgan fingerprint density at radius 1 is 0.346 bits per heavy atom. The van der Waals surface area contributed by atoms with Crippen LogP contribution in [0.15, 0.2) is 12.2 Å². The first-order valence-corrected chi connectivity index (χ1v) is 35.9. The Hall–Kier alpha value is -1.40. The molecule has 0 saturated carbocycles. The van der Waals surface area contributed by atoms with Crippen LogP contribution in [0.1, 0.15) is 412 Å². The molecule has 0 radical (unpaired) electrons. The summed E-state index contributed by atoms with van der Waals surface area (Å²) in [5, 5.41) is 23.4. The van der Waals surface area contributed by atoms with Crippen LogP contribution in [-0.2, 0) is 14.3 Å². The van der Waals surface area contributed by atoms with E-state index in [1.165, 1.54) is 340 Å². The number of unbranched alkanes of at least 4 members (excludes halogenated alkanes) is 55. The Balaban J connectivity index is 3.39. The van der Waals surface area contributed by atoms with Gasteiger partial charge in [0, 0.05) is 12.8 Å². The molecule has 0 spiro atoms. The molecule has 0 rings (SSSR count). The maximum atomic E-state index is 12.6. The molecule has 0 aromatic rings. The molecule has 0 aromatic heterocycles. The zero-order valence-electron chi connectivity index (χ0n) is 53.2. The Bertz CT molecular complexity index is 1180. The molecular weight excluding hydrogens is 959 g/mol. The smallest absolute Gasteiger partial charge is 0.305 e. The summed E-state index contributed by atoms with van der Waals surface area (Å²) in [4.78, 5) is 24.6. The van der Waals surface area contributed by atoms with Gasteiger partial charge in [0.05, 0.1) is 25.4 Å². The number of carbonyl (C=O) groups is 2. The number of rotatable bonds is 68. The number of allylic oxidation sites excluding steroid dienone is 2. The van der Waals surface area contributed by atoms with Crippen LogP contribution in [0.4, 0.5) is 0 Å². The van der Waals surface area contributed by atoms with Gasteiger partial charge in [-0.2, -0.15) is 0 Å². The third-order valence-electron chi connectivity index (χ3n) is 17.1. The van der Waals surface area contributed by atoms with E-state index in [0.29, 0.717) is 25.9 Å². The fourth-order valence-electron chi connectivity index (χ4n) is 11.6. The first-order valence-electron chi connectivity index (χ1n) is 35.9. The van der Waals surface area contributed by atoms with Crippen molar-refractivity contribution in [3.05, 3.63) is 12.2 Å². The molecular formula is C72H141NO5. The number of hydrogen-bond donors (Lipinski definition) is 3. The largest absolute Gasteiger partial charge is 0.466 e. The van der Waals surface area contributed by atoms with Crippen molar-refractivity contribution < 1.29 is 24.5 Å². The SMILES string of the molecule is CCCCCCCCCCCCCCCCCCCCCCCCCCC(O)C(CO)NC(=O)CCCCCCCCCCCC/C=C\CCCCCCCCCCCCCCOC(=O)CCCCCCCCCCCCC. The summed E-state index contributed by atoms with van der Waals surface area (Å²) in [6.07, 6.45) is 84.1. The molecule has 0 saturated heterocycles. The van der Waals surface area contributed by atoms with Crippen LogP contribution in [-0.4, -0.2) is 47.4 Å². The van der Waals surface area contributed by atoms with Crippen molar-refractivity contribution in [1.29, 1.82) is 0 Å². The molecule has 0 aliphatic carbocycles. The molecule has 6 heteroatoms. The molecule has 0 heterocycles. The normalized spacial score (nSPS) is 12.5. The van der Waals surface area contributed by atoms with Crippen LogP contribution in [0.3, 0.4) is 0 Å². The summed E-state index contributed by atoms with van der Waals surface area (Å²) in [5.41, 5.74) is 0. The molecule has 0 aliphatic heterocycles. The number of esters is 1. The first-order chi connectivity index (χ1) is 38.5. The molecule has 0 aliphatic rings. The highest BCUT2D eigenvalue weighted by molar-refractivity contribution is 5.76. The molecule has 6 nitrogen and oxygen atoms in total. The zero-order chi connectivity index (χ0) is 56.4. The van der Waals surface area contributed by atoms with Gasteiger partial charge in [-0.3, -0.25) is 9.59 Å². The van der Waals surface area contributed by atoms with Gasteiger partial charge in [-0.1, -0.05) is 360 Å². The quantitative estimate of drug-likeness (QED) is 0.0320. The van der Waals surface area contributed by atoms with Crippen LogP contribution in [0.2, 0.25) is 0 Å². The van der Waals surface area contributed by atoms with Gasteiger partial charge in [0.15, 0.2) is 0 Å². The van der Waals surface area contributed by atoms with Gasteiger partial charge < -0.3 is 20.3 Å². The second kappa shape index (κ2) is 68.1. The van der Waals surface area contributed by atoms with E-state index in [1.54, 1.807) is 0 Å². The molecule has 0 fully saturated rings. The lowest BCUT2D eigenvalue weighted by molar-refractivity contribution is -0.143. The monoisotopic (exact) mass is 1100 g/mol. The maximum absolute atomic E-state index is 12.6. The van der Waals surface area contributed by atoms with Gasteiger partial charge >= 0.3 is 5.97 Å². The van der Waals surface area contributed by atoms with E-state index >= 15 is 0 Å². The molecule has 1 amide bonds. The number of nitrogens with one attached hydrogen (secondary N) is 1. The third-order valence-corrected chi connectivity index (χ3v) is 17.1. The number of amides is 1. The number of aliphatic hydroxyl groups is 2. The van der Waals surface area contributed by atoms with Crippen molar-refractivity contribution in [2.45, 2.75) is 424 Å². The fraction of sp³-hybridized carbons (Fsp3) is 0.944. The Morgan fingerprint density at radius 2 is 0.603 bits per heavy atom. The summed E-state index contributed by atoms with van der Waals surface area (Å²) in [6, 6.07) is -0.544. The number of carbonyl (C=O) groups excluding carboxylic acids is 2. The summed E-state index contributed by atoms with van der Waals surface area (Å²) in [5.74, 6) is -0.0163. The van der Waals surface area contributed by atoms with Gasteiger partial charge in [-0.25, -0.2) is 0 Å². The number of ether oxygens (including phenoxy) is 1. The summed E-state index contributed by atoms with van der Waals surface area (Å²) < 4.78 is 5.47. The second-order valence-corrected chi connectivity index (χ2v) is 24.9. The molecule has 3 N–H and O–H groups in total. The second-order valence-electron chi connectivity index (χ2n) is 24.9. The van der Waals surface area contributed by atoms with E-state index in [2.05, 4.69) is 31.3 Å². The van der Waals surface area contributed by atoms with E-state index in [4.69, 9.17) is 4.74 Å². The molecule has 0 aromatic carbocycles. The Kier molecular flexibility index (Phi) is 66.9. The predicted octanol–water partition coefficient (Wildman–Crippen LogP) is 23.1. The van der Waals surface area contributed by atoms with E-state index in [0.717, 1.165) is 38.5 Å².